The van der Waals surface area contributed by atoms with Gasteiger partial charge in [-0.3, -0.25) is 53.2 Å². The van der Waals surface area contributed by atoms with Gasteiger partial charge >= 0.3 is 17.9 Å². The smallest absolute Gasteiger partial charge is 0.317 e. The van der Waals surface area contributed by atoms with E-state index >= 15 is 0 Å². The summed E-state index contributed by atoms with van der Waals surface area (Å²) in [5, 5.41) is 84.3. The summed E-state index contributed by atoms with van der Waals surface area (Å²) < 4.78 is 10.4. The average molecular weight is 853 g/mol. The molecule has 1 saturated heterocycles. The molecule has 25 heteroatoms. The minimum atomic E-state index is -1.93. The SMILES string of the molecule is C=NC(=O)COCCOCCNC(=O)[C@@H](CCC(=O)NC[C@H](O)[C@@H](O)[C@H](O)[C@H](O)CO)NC(=O)CN1CCN(CC(=O)O)CCN(CC(=O)O)CCN(CC(=O)O)CC1. The molecule has 0 spiro atoms. The molecule has 59 heavy (non-hydrogen) atoms. The minimum Gasteiger partial charge on any atom is -0.480 e. The number of aliphatic carboxylic acids is 3. The molecule has 4 amide bonds. The van der Waals surface area contributed by atoms with Crippen LogP contribution in [0, 0.1) is 0 Å². The molecule has 1 aliphatic rings. The van der Waals surface area contributed by atoms with E-state index in [0.29, 0.717) is 0 Å². The van der Waals surface area contributed by atoms with Gasteiger partial charge in [-0.2, -0.15) is 0 Å². The lowest BCUT2D eigenvalue weighted by atomic mass is 10.0. The fraction of sp³-hybridized carbons (Fsp3) is 0.765. The highest BCUT2D eigenvalue weighted by Gasteiger charge is 2.31. The Morgan fingerprint density at radius 2 is 1.08 bits per heavy atom. The van der Waals surface area contributed by atoms with Gasteiger partial charge in [0.25, 0.3) is 5.91 Å². The molecule has 338 valence electrons. The van der Waals surface area contributed by atoms with Crippen LogP contribution in [-0.4, -0.2) is 264 Å². The van der Waals surface area contributed by atoms with Crippen molar-refractivity contribution in [1.82, 2.24) is 35.6 Å². The molecule has 0 saturated carbocycles. The highest BCUT2D eigenvalue weighted by Crippen LogP contribution is 2.06. The van der Waals surface area contributed by atoms with Crippen LogP contribution < -0.4 is 16.0 Å². The number of carbonyl (C=O) groups excluding carboxylic acids is 4. The van der Waals surface area contributed by atoms with E-state index in [2.05, 4.69) is 27.7 Å². The molecule has 1 heterocycles. The topological polar surface area (TPSA) is 361 Å². The highest BCUT2D eigenvalue weighted by atomic mass is 16.5. The molecule has 0 aromatic heterocycles. The molecule has 0 unspecified atom stereocenters. The first-order valence-electron chi connectivity index (χ1n) is 18.8. The lowest BCUT2D eigenvalue weighted by Gasteiger charge is -2.33. The summed E-state index contributed by atoms with van der Waals surface area (Å²) in [4.78, 5) is 94.8. The Bertz CT molecular complexity index is 1320. The van der Waals surface area contributed by atoms with E-state index in [0.717, 1.165) is 0 Å². The summed E-state index contributed by atoms with van der Waals surface area (Å²) in [5.74, 6) is -6.02. The predicted molar refractivity (Wildman–Crippen MR) is 203 cm³/mol. The molecule has 1 rings (SSSR count). The summed E-state index contributed by atoms with van der Waals surface area (Å²) >= 11 is 0. The number of aliphatic hydroxyl groups is 5. The average Bonchev–Trinajstić information content (AvgIpc) is 3.18. The Labute approximate surface area is 340 Å². The summed E-state index contributed by atoms with van der Waals surface area (Å²) in [6, 6.07) is -1.30. The minimum absolute atomic E-state index is 0.00246. The number of carboxylic acids is 3. The summed E-state index contributed by atoms with van der Waals surface area (Å²) in [7, 11) is 0. The van der Waals surface area contributed by atoms with Crippen LogP contribution in [0.1, 0.15) is 12.8 Å². The van der Waals surface area contributed by atoms with Crippen molar-refractivity contribution >= 4 is 48.3 Å². The van der Waals surface area contributed by atoms with Gasteiger partial charge in [0.1, 0.15) is 31.0 Å². The lowest BCUT2D eigenvalue weighted by molar-refractivity contribution is -0.140. The van der Waals surface area contributed by atoms with Crippen molar-refractivity contribution in [3.05, 3.63) is 0 Å². The number of carbonyl (C=O) groups is 7. The van der Waals surface area contributed by atoms with Crippen LogP contribution in [0.2, 0.25) is 0 Å². The van der Waals surface area contributed by atoms with E-state index in [1.165, 1.54) is 0 Å². The molecular weight excluding hydrogens is 792 g/mol. The quantitative estimate of drug-likeness (QED) is 0.0270. The van der Waals surface area contributed by atoms with Gasteiger partial charge in [-0.15, -0.1) is 0 Å². The Morgan fingerprint density at radius 1 is 0.627 bits per heavy atom. The lowest BCUT2D eigenvalue weighted by Crippen LogP contribution is -2.52. The summed E-state index contributed by atoms with van der Waals surface area (Å²) in [6.45, 7) is 1.18. The maximum Gasteiger partial charge on any atom is 0.317 e. The van der Waals surface area contributed by atoms with Crippen LogP contribution in [0.25, 0.3) is 0 Å². The van der Waals surface area contributed by atoms with Crippen LogP contribution >= 0.6 is 0 Å². The van der Waals surface area contributed by atoms with Gasteiger partial charge < -0.3 is 66.3 Å². The van der Waals surface area contributed by atoms with Crippen molar-refractivity contribution in [1.29, 1.82) is 0 Å². The third-order valence-electron chi connectivity index (χ3n) is 8.84. The fourth-order valence-electron chi connectivity index (χ4n) is 5.56. The second-order valence-electron chi connectivity index (χ2n) is 13.6. The number of hydrogen-bond acceptors (Lipinski definition) is 18. The Hall–Kier alpha value is -4.28. The fourth-order valence-corrected chi connectivity index (χ4v) is 5.56. The maximum atomic E-state index is 13.5. The van der Waals surface area contributed by atoms with Crippen molar-refractivity contribution in [2.24, 2.45) is 4.99 Å². The van der Waals surface area contributed by atoms with E-state index in [-0.39, 0.29) is 124 Å². The third-order valence-corrected chi connectivity index (χ3v) is 8.84. The normalized spacial score (nSPS) is 17.8. The zero-order chi connectivity index (χ0) is 44.3. The predicted octanol–water partition coefficient (Wildman–Crippen LogP) is -7.34. The second kappa shape index (κ2) is 29.9. The Kier molecular flexibility index (Phi) is 26.7. The van der Waals surface area contributed by atoms with Gasteiger partial charge in [0.15, 0.2) is 0 Å². The molecule has 0 aromatic carbocycles. The van der Waals surface area contributed by atoms with E-state index in [4.69, 9.17) is 14.6 Å². The second-order valence-corrected chi connectivity index (χ2v) is 13.6. The zero-order valence-electron chi connectivity index (χ0n) is 32.9. The summed E-state index contributed by atoms with van der Waals surface area (Å²) in [6.07, 6.45) is -8.00. The number of amides is 4. The first kappa shape index (κ1) is 52.7. The van der Waals surface area contributed by atoms with Crippen LogP contribution in [0.3, 0.4) is 0 Å². The van der Waals surface area contributed by atoms with Gasteiger partial charge in [-0.05, 0) is 13.1 Å². The molecule has 0 radical (unpaired) electrons. The molecule has 25 nitrogen and oxygen atoms in total. The maximum absolute atomic E-state index is 13.5. The molecule has 0 aromatic rings. The number of nitrogens with one attached hydrogen (secondary N) is 3. The van der Waals surface area contributed by atoms with Crippen LogP contribution in [-0.2, 0) is 43.0 Å². The molecule has 1 aliphatic heterocycles. The van der Waals surface area contributed by atoms with Crippen molar-refractivity contribution < 1.29 is 83.9 Å². The number of hydrogen-bond donors (Lipinski definition) is 11. The molecule has 0 aliphatic carbocycles. The number of rotatable bonds is 27. The molecule has 0 bridgehead atoms. The first-order chi connectivity index (χ1) is 27.9. The number of carboxylic acid groups (broad SMARTS) is 3. The number of ether oxygens (including phenoxy) is 2. The third kappa shape index (κ3) is 24.4. The molecule has 5 atom stereocenters. The van der Waals surface area contributed by atoms with E-state index in [1.54, 1.807) is 19.6 Å². The van der Waals surface area contributed by atoms with Gasteiger partial charge in [0, 0.05) is 71.9 Å². The Balaban J connectivity index is 3.06. The van der Waals surface area contributed by atoms with E-state index in [1.807, 2.05) is 0 Å². The molecular formula is C34H60N8O17. The van der Waals surface area contributed by atoms with Gasteiger partial charge in [-0.1, -0.05) is 0 Å². The van der Waals surface area contributed by atoms with Crippen molar-refractivity contribution in [3.8, 4) is 0 Å². The van der Waals surface area contributed by atoms with Crippen molar-refractivity contribution in [2.45, 2.75) is 43.3 Å². The van der Waals surface area contributed by atoms with Gasteiger partial charge in [0.05, 0.1) is 58.7 Å². The van der Waals surface area contributed by atoms with E-state index < -0.39 is 85.1 Å². The molecule has 1 fully saturated rings. The van der Waals surface area contributed by atoms with Crippen LogP contribution in [0.4, 0.5) is 0 Å². The largest absolute Gasteiger partial charge is 0.480 e. The van der Waals surface area contributed by atoms with Gasteiger partial charge in [0.2, 0.25) is 17.7 Å². The van der Waals surface area contributed by atoms with Crippen LogP contribution in [0.15, 0.2) is 4.99 Å². The first-order valence-corrected chi connectivity index (χ1v) is 18.8. The highest BCUT2D eigenvalue weighted by molar-refractivity contribution is 5.89. The number of aliphatic imine (C=N–C) groups is 1. The standard InChI is InChI=1S/C34H60N8O17/c1-35-28(48)22-59-15-14-58-13-4-36-34(57)23(2-3-26(46)37-16-24(44)32(55)33(56)25(45)21-43)38-27(47)17-39-5-7-40(18-29(49)50)9-11-42(20-31(53)54)12-10-41(8-6-39)19-30(51)52/h23-25,32-33,43-45,55-56H,1-22H2,(H,36,57)(H,37,46)(H,38,47)(H,49,50)(H,51,52)(H,53,54)/t23-,24+,25-,32-,33-/m1/s1. The zero-order valence-corrected chi connectivity index (χ0v) is 32.9. The monoisotopic (exact) mass is 852 g/mol. The van der Waals surface area contributed by atoms with Crippen molar-refractivity contribution in [2.75, 3.05) is 125 Å². The van der Waals surface area contributed by atoms with Crippen molar-refractivity contribution in [3.63, 3.8) is 0 Å². The van der Waals surface area contributed by atoms with Crippen LogP contribution in [0.5, 0.6) is 0 Å². The van der Waals surface area contributed by atoms with E-state index in [9.17, 15) is 69.3 Å². The number of aliphatic hydroxyl groups excluding tert-OH is 5. The Morgan fingerprint density at radius 3 is 1.54 bits per heavy atom. The summed E-state index contributed by atoms with van der Waals surface area (Å²) in [5.41, 5.74) is 0. The molecule has 11 N–H and O–H groups in total. The number of nitrogens with zero attached hydrogens (tertiary/aromatic N) is 5. The van der Waals surface area contributed by atoms with Gasteiger partial charge in [-0.25, -0.2) is 4.99 Å².